The summed E-state index contributed by atoms with van der Waals surface area (Å²) in [5, 5.41) is 16.6. The van der Waals surface area contributed by atoms with E-state index in [1.165, 1.54) is 43.2 Å². The second-order valence-electron chi connectivity index (χ2n) is 8.44. The van der Waals surface area contributed by atoms with E-state index < -0.39 is 23.4 Å². The third kappa shape index (κ3) is 7.81. The Balaban J connectivity index is 1.51. The van der Waals surface area contributed by atoms with Crippen LogP contribution < -0.4 is 10.6 Å². The van der Waals surface area contributed by atoms with Gasteiger partial charge in [-0.05, 0) is 43.4 Å². The lowest BCUT2D eigenvalue weighted by Gasteiger charge is -2.21. The molecule has 1 aliphatic carbocycles. The fraction of sp³-hybridized carbons (Fsp3) is 0.400. The van der Waals surface area contributed by atoms with E-state index in [0.29, 0.717) is 22.9 Å². The molecule has 0 atom stereocenters. The number of carbonyl (C=O) groups is 3. The van der Waals surface area contributed by atoms with Gasteiger partial charge >= 0.3 is 5.97 Å². The normalized spacial score (nSPS) is 13.6. The minimum absolute atomic E-state index is 0.0637. The third-order valence-corrected chi connectivity index (χ3v) is 6.90. The van der Waals surface area contributed by atoms with Crippen molar-refractivity contribution in [2.45, 2.75) is 43.9 Å². The number of hydrogen-bond donors (Lipinski definition) is 2. The number of amides is 2. The molecule has 1 saturated carbocycles. The van der Waals surface area contributed by atoms with Gasteiger partial charge in [0.15, 0.2) is 6.61 Å². The fourth-order valence-electron chi connectivity index (χ4n) is 3.96. The summed E-state index contributed by atoms with van der Waals surface area (Å²) in [6.07, 6.45) is 5.98. The highest BCUT2D eigenvalue weighted by Gasteiger charge is 2.20. The van der Waals surface area contributed by atoms with Gasteiger partial charge in [0.25, 0.3) is 11.6 Å². The Morgan fingerprint density at radius 3 is 2.54 bits per heavy atom. The Bertz CT molecular complexity index is 1080. The Labute approximate surface area is 208 Å². The molecule has 1 aliphatic rings. The second-order valence-corrected chi connectivity index (χ2v) is 9.46. The number of nitro groups is 1. The van der Waals surface area contributed by atoms with Crippen LogP contribution >= 0.6 is 11.8 Å². The Kier molecular flexibility index (Phi) is 9.66. The minimum atomic E-state index is -0.717. The molecule has 0 aliphatic heterocycles. The number of ether oxygens (including phenoxy) is 1. The number of anilines is 1. The number of nitro benzene ring substituents is 1. The van der Waals surface area contributed by atoms with Crippen LogP contribution in [0.3, 0.4) is 0 Å². The van der Waals surface area contributed by atoms with Crippen LogP contribution in [0.2, 0.25) is 0 Å². The molecule has 0 saturated heterocycles. The largest absolute Gasteiger partial charge is 0.452 e. The molecule has 3 rings (SSSR count). The molecule has 2 N–H and O–H groups in total. The van der Waals surface area contributed by atoms with E-state index in [4.69, 9.17) is 4.74 Å². The smallest absolute Gasteiger partial charge is 0.339 e. The summed E-state index contributed by atoms with van der Waals surface area (Å²) in [5.74, 6) is -0.808. The van der Waals surface area contributed by atoms with Gasteiger partial charge in [0.1, 0.15) is 5.69 Å². The van der Waals surface area contributed by atoms with Crippen molar-refractivity contribution in [1.82, 2.24) is 5.32 Å². The van der Waals surface area contributed by atoms with Gasteiger partial charge in [-0.1, -0.05) is 43.5 Å². The molecule has 0 heterocycles. The predicted molar refractivity (Wildman–Crippen MR) is 133 cm³/mol. The van der Waals surface area contributed by atoms with Gasteiger partial charge in [0.2, 0.25) is 5.91 Å². The number of nitrogens with one attached hydrogen (secondary N) is 2. The Hall–Kier alpha value is -3.40. The average molecular weight is 500 g/mol. The maximum atomic E-state index is 12.6. The SMILES string of the molecule is Cc1cccc([N+](=O)[O-])c1NC(=O)COC(=O)c1ccccc1SCC(=O)NCC1CCCCC1. The summed E-state index contributed by atoms with van der Waals surface area (Å²) < 4.78 is 5.14. The van der Waals surface area contributed by atoms with Crippen LogP contribution in [0.1, 0.15) is 48.0 Å². The maximum Gasteiger partial charge on any atom is 0.339 e. The number of benzene rings is 2. The van der Waals surface area contributed by atoms with Crippen molar-refractivity contribution in [1.29, 1.82) is 0 Å². The minimum Gasteiger partial charge on any atom is -0.452 e. The van der Waals surface area contributed by atoms with Crippen LogP contribution in [-0.4, -0.2) is 41.6 Å². The molecular formula is C25H29N3O6S. The molecule has 0 radical (unpaired) electrons. The number of carbonyl (C=O) groups excluding carboxylic acids is 3. The lowest BCUT2D eigenvalue weighted by molar-refractivity contribution is -0.384. The number of thioether (sulfide) groups is 1. The van der Waals surface area contributed by atoms with Crippen LogP contribution in [0, 0.1) is 23.0 Å². The lowest BCUT2D eigenvalue weighted by Crippen LogP contribution is -2.31. The highest BCUT2D eigenvalue weighted by Crippen LogP contribution is 2.28. The summed E-state index contributed by atoms with van der Waals surface area (Å²) in [5.41, 5.74) is 0.580. The topological polar surface area (TPSA) is 128 Å². The average Bonchev–Trinajstić information content (AvgIpc) is 2.86. The predicted octanol–water partition coefficient (Wildman–Crippen LogP) is 4.49. The van der Waals surface area contributed by atoms with E-state index in [-0.39, 0.29) is 28.6 Å². The van der Waals surface area contributed by atoms with Crippen LogP contribution in [0.25, 0.3) is 0 Å². The molecule has 1 fully saturated rings. The zero-order chi connectivity index (χ0) is 25.2. The standard InChI is InChI=1S/C25H29N3O6S/c1-17-8-7-12-20(28(32)33)24(17)27-22(29)15-34-25(31)19-11-5-6-13-21(19)35-16-23(30)26-14-18-9-3-2-4-10-18/h5-8,11-13,18H,2-4,9-10,14-16H2,1H3,(H,26,30)(H,27,29). The van der Waals surface area contributed by atoms with Gasteiger partial charge in [0, 0.05) is 17.5 Å². The molecular weight excluding hydrogens is 470 g/mol. The first-order valence-corrected chi connectivity index (χ1v) is 12.5. The van der Waals surface area contributed by atoms with E-state index in [1.54, 1.807) is 37.3 Å². The van der Waals surface area contributed by atoms with E-state index in [9.17, 15) is 24.5 Å². The van der Waals surface area contributed by atoms with Crippen molar-refractivity contribution < 1.29 is 24.0 Å². The van der Waals surface area contributed by atoms with Gasteiger partial charge < -0.3 is 15.4 Å². The van der Waals surface area contributed by atoms with Gasteiger partial charge in [-0.2, -0.15) is 0 Å². The first kappa shape index (κ1) is 26.2. The van der Waals surface area contributed by atoms with Crippen molar-refractivity contribution in [3.8, 4) is 0 Å². The molecule has 9 nitrogen and oxygen atoms in total. The van der Waals surface area contributed by atoms with Gasteiger partial charge in [-0.3, -0.25) is 19.7 Å². The first-order chi connectivity index (χ1) is 16.8. The quantitative estimate of drug-likeness (QED) is 0.213. The molecule has 0 bridgehead atoms. The zero-order valence-electron chi connectivity index (χ0n) is 19.6. The lowest BCUT2D eigenvalue weighted by atomic mass is 9.89. The number of nitrogens with zero attached hydrogens (tertiary/aromatic N) is 1. The second kappa shape index (κ2) is 12.9. The highest BCUT2D eigenvalue weighted by molar-refractivity contribution is 8.00. The van der Waals surface area contributed by atoms with Crippen LogP contribution in [0.4, 0.5) is 11.4 Å². The number of aryl methyl sites for hydroxylation is 1. The van der Waals surface area contributed by atoms with Crippen molar-refractivity contribution in [2.75, 3.05) is 24.2 Å². The molecule has 186 valence electrons. The molecule has 0 unspecified atom stereocenters. The summed E-state index contributed by atoms with van der Waals surface area (Å²) in [6.45, 7) is 1.70. The van der Waals surface area contributed by atoms with Crippen LogP contribution in [0.15, 0.2) is 47.4 Å². The van der Waals surface area contributed by atoms with Crippen LogP contribution in [-0.2, 0) is 14.3 Å². The third-order valence-electron chi connectivity index (χ3n) is 5.82. The summed E-state index contributed by atoms with van der Waals surface area (Å²) in [6, 6.07) is 11.1. The first-order valence-electron chi connectivity index (χ1n) is 11.5. The van der Waals surface area contributed by atoms with Gasteiger partial charge in [-0.25, -0.2) is 4.79 Å². The Morgan fingerprint density at radius 1 is 1.06 bits per heavy atom. The van der Waals surface area contributed by atoms with Crippen molar-refractivity contribution in [3.63, 3.8) is 0 Å². The molecule has 2 aromatic rings. The summed E-state index contributed by atoms with van der Waals surface area (Å²) >= 11 is 1.23. The molecule has 2 aromatic carbocycles. The van der Waals surface area contributed by atoms with E-state index in [0.717, 1.165) is 12.8 Å². The van der Waals surface area contributed by atoms with Crippen molar-refractivity contribution in [2.24, 2.45) is 5.92 Å². The fourth-order valence-corrected chi connectivity index (χ4v) is 4.83. The number of hydrogen-bond acceptors (Lipinski definition) is 7. The van der Waals surface area contributed by atoms with Gasteiger partial charge in [-0.15, -0.1) is 11.8 Å². The molecule has 35 heavy (non-hydrogen) atoms. The molecule has 10 heteroatoms. The summed E-state index contributed by atoms with van der Waals surface area (Å²) in [7, 11) is 0. The molecule has 2 amide bonds. The number of rotatable bonds is 10. The van der Waals surface area contributed by atoms with Crippen molar-refractivity contribution in [3.05, 3.63) is 63.7 Å². The molecule has 0 aromatic heterocycles. The number of esters is 1. The number of para-hydroxylation sites is 1. The monoisotopic (exact) mass is 499 g/mol. The van der Waals surface area contributed by atoms with Crippen LogP contribution in [0.5, 0.6) is 0 Å². The zero-order valence-corrected chi connectivity index (χ0v) is 20.4. The summed E-state index contributed by atoms with van der Waals surface area (Å²) in [4.78, 5) is 48.4. The molecule has 0 spiro atoms. The van der Waals surface area contributed by atoms with E-state index >= 15 is 0 Å². The van der Waals surface area contributed by atoms with E-state index in [1.807, 2.05) is 0 Å². The Morgan fingerprint density at radius 2 is 1.80 bits per heavy atom. The van der Waals surface area contributed by atoms with Crippen molar-refractivity contribution >= 4 is 40.9 Å². The van der Waals surface area contributed by atoms with E-state index in [2.05, 4.69) is 10.6 Å². The van der Waals surface area contributed by atoms with Gasteiger partial charge in [0.05, 0.1) is 16.2 Å². The highest BCUT2D eigenvalue weighted by atomic mass is 32.2. The maximum absolute atomic E-state index is 12.6.